The monoisotopic (exact) mass is 291 g/mol. The summed E-state index contributed by atoms with van der Waals surface area (Å²) in [6.45, 7) is 6.39. The number of rotatable bonds is 2. The van der Waals surface area contributed by atoms with Crippen molar-refractivity contribution in [3.05, 3.63) is 0 Å². The van der Waals surface area contributed by atoms with Crippen LogP contribution < -0.4 is 5.73 Å². The average molecular weight is 291 g/mol. The quantitative estimate of drug-likeness (QED) is 0.795. The molecule has 1 saturated heterocycles. The molecule has 2 N–H and O–H groups in total. The molecule has 0 aromatic heterocycles. The van der Waals surface area contributed by atoms with Crippen LogP contribution in [0.1, 0.15) is 40.0 Å². The third kappa shape index (κ3) is 2.01. The molecule has 0 aromatic rings. The Bertz CT molecular complexity index is 417. The SMILES string of the molecule is CC1(C)[C@@H]2CC3OB(C(N)CC(F)(F)F)O[C@@]3(C)[C@H]1C2. The minimum Gasteiger partial charge on any atom is -0.404 e. The van der Waals surface area contributed by atoms with Gasteiger partial charge in [-0.15, -0.1) is 0 Å². The van der Waals surface area contributed by atoms with Gasteiger partial charge in [0.2, 0.25) is 0 Å². The molecule has 2 bridgehead atoms. The van der Waals surface area contributed by atoms with Crippen LogP contribution in [-0.2, 0) is 9.31 Å². The lowest BCUT2D eigenvalue weighted by atomic mass is 9.43. The lowest BCUT2D eigenvalue weighted by Gasteiger charge is -2.64. The first-order valence-electron chi connectivity index (χ1n) is 7.19. The summed E-state index contributed by atoms with van der Waals surface area (Å²) in [5.41, 5.74) is 5.32. The van der Waals surface area contributed by atoms with Crippen molar-refractivity contribution < 1.29 is 22.5 Å². The highest BCUT2D eigenvalue weighted by molar-refractivity contribution is 6.47. The normalized spacial score (nSPS) is 44.0. The van der Waals surface area contributed by atoms with Crippen molar-refractivity contribution in [1.82, 2.24) is 0 Å². The van der Waals surface area contributed by atoms with Gasteiger partial charge in [-0.2, -0.15) is 13.2 Å². The van der Waals surface area contributed by atoms with Gasteiger partial charge in [-0.3, -0.25) is 0 Å². The van der Waals surface area contributed by atoms with Crippen molar-refractivity contribution in [2.24, 2.45) is 23.0 Å². The molecule has 7 heteroatoms. The van der Waals surface area contributed by atoms with Crippen LogP contribution in [0.5, 0.6) is 0 Å². The van der Waals surface area contributed by atoms with Crippen molar-refractivity contribution in [2.75, 3.05) is 0 Å². The summed E-state index contributed by atoms with van der Waals surface area (Å²) >= 11 is 0. The molecule has 0 radical (unpaired) electrons. The molecular weight excluding hydrogens is 270 g/mol. The Kier molecular flexibility index (Phi) is 3.03. The van der Waals surface area contributed by atoms with E-state index in [0.29, 0.717) is 11.8 Å². The van der Waals surface area contributed by atoms with Gasteiger partial charge in [0.15, 0.2) is 0 Å². The topological polar surface area (TPSA) is 44.5 Å². The molecule has 4 rings (SSSR count). The van der Waals surface area contributed by atoms with E-state index in [0.717, 1.165) is 12.8 Å². The Morgan fingerprint density at radius 1 is 1.30 bits per heavy atom. The van der Waals surface area contributed by atoms with E-state index in [1.165, 1.54) is 0 Å². The summed E-state index contributed by atoms with van der Waals surface area (Å²) in [6.07, 6.45) is -3.55. The van der Waals surface area contributed by atoms with Gasteiger partial charge >= 0.3 is 13.3 Å². The highest BCUT2D eigenvalue weighted by atomic mass is 19.4. The summed E-state index contributed by atoms with van der Waals surface area (Å²) in [4.78, 5) is 0. The van der Waals surface area contributed by atoms with Crippen LogP contribution in [-0.4, -0.2) is 30.9 Å². The molecule has 0 aromatic carbocycles. The second-order valence-electron chi connectivity index (χ2n) is 7.32. The van der Waals surface area contributed by atoms with Gasteiger partial charge in [-0.05, 0) is 37.0 Å². The second-order valence-corrected chi connectivity index (χ2v) is 7.32. The molecule has 1 aliphatic heterocycles. The third-order valence-electron chi connectivity index (χ3n) is 5.79. The first-order valence-corrected chi connectivity index (χ1v) is 7.19. The van der Waals surface area contributed by atoms with E-state index >= 15 is 0 Å². The van der Waals surface area contributed by atoms with Gasteiger partial charge in [-0.1, -0.05) is 13.8 Å². The molecule has 3 nitrogen and oxygen atoms in total. The maximum atomic E-state index is 12.4. The predicted molar refractivity (Wildman–Crippen MR) is 68.8 cm³/mol. The lowest BCUT2D eigenvalue weighted by Crippen LogP contribution is -2.65. The van der Waals surface area contributed by atoms with Gasteiger partial charge in [-0.25, -0.2) is 0 Å². The van der Waals surface area contributed by atoms with E-state index in [4.69, 9.17) is 15.0 Å². The smallest absolute Gasteiger partial charge is 0.404 e. The van der Waals surface area contributed by atoms with Gasteiger partial charge in [0.1, 0.15) is 0 Å². The minimum absolute atomic E-state index is 0.122. The summed E-state index contributed by atoms with van der Waals surface area (Å²) < 4.78 is 48.9. The summed E-state index contributed by atoms with van der Waals surface area (Å²) in [6, 6.07) is 0. The van der Waals surface area contributed by atoms with Crippen LogP contribution in [0.3, 0.4) is 0 Å². The van der Waals surface area contributed by atoms with Crippen molar-refractivity contribution >= 4 is 7.12 Å². The summed E-state index contributed by atoms with van der Waals surface area (Å²) in [5, 5.41) is 0. The Balaban J connectivity index is 1.73. The van der Waals surface area contributed by atoms with Crippen LogP contribution in [0, 0.1) is 17.3 Å². The number of hydrogen-bond acceptors (Lipinski definition) is 3. The fourth-order valence-corrected chi connectivity index (χ4v) is 4.45. The van der Waals surface area contributed by atoms with E-state index in [9.17, 15) is 13.2 Å². The van der Waals surface area contributed by atoms with Crippen molar-refractivity contribution in [2.45, 2.75) is 63.9 Å². The number of hydrogen-bond donors (Lipinski definition) is 1. The van der Waals surface area contributed by atoms with Gasteiger partial charge in [0.25, 0.3) is 0 Å². The molecule has 4 aliphatic rings. The van der Waals surface area contributed by atoms with E-state index in [-0.39, 0.29) is 11.5 Å². The molecule has 0 amide bonds. The number of nitrogens with two attached hydrogens (primary N) is 1. The van der Waals surface area contributed by atoms with E-state index < -0.39 is 31.3 Å². The zero-order valence-electron chi connectivity index (χ0n) is 12.0. The molecule has 3 saturated carbocycles. The van der Waals surface area contributed by atoms with Gasteiger partial charge < -0.3 is 15.0 Å². The van der Waals surface area contributed by atoms with E-state index in [1.807, 2.05) is 6.92 Å². The Morgan fingerprint density at radius 3 is 2.50 bits per heavy atom. The van der Waals surface area contributed by atoms with Crippen molar-refractivity contribution in [3.63, 3.8) is 0 Å². The summed E-state index contributed by atoms with van der Waals surface area (Å²) in [5.74, 6) is -0.244. The van der Waals surface area contributed by atoms with Crippen LogP contribution in [0.2, 0.25) is 0 Å². The Morgan fingerprint density at radius 2 is 1.95 bits per heavy atom. The predicted octanol–water partition coefficient (Wildman–Crippen LogP) is 2.53. The zero-order valence-corrected chi connectivity index (χ0v) is 12.0. The molecule has 4 fully saturated rings. The molecule has 2 unspecified atom stereocenters. The largest absolute Gasteiger partial charge is 0.475 e. The molecule has 3 aliphatic carbocycles. The molecule has 114 valence electrons. The average Bonchev–Trinajstić information content (AvgIpc) is 2.63. The molecule has 0 spiro atoms. The van der Waals surface area contributed by atoms with Crippen LogP contribution >= 0.6 is 0 Å². The van der Waals surface area contributed by atoms with Gasteiger partial charge in [0.05, 0.1) is 18.1 Å². The lowest BCUT2D eigenvalue weighted by molar-refractivity contribution is -0.199. The number of alkyl halides is 3. The first-order chi connectivity index (χ1) is 9.04. The van der Waals surface area contributed by atoms with Crippen molar-refractivity contribution in [1.29, 1.82) is 0 Å². The first kappa shape index (κ1) is 14.7. The third-order valence-corrected chi connectivity index (χ3v) is 5.79. The highest BCUT2D eigenvalue weighted by Crippen LogP contribution is 2.65. The van der Waals surface area contributed by atoms with Crippen molar-refractivity contribution in [3.8, 4) is 0 Å². The van der Waals surface area contributed by atoms with E-state index in [2.05, 4.69) is 13.8 Å². The van der Waals surface area contributed by atoms with Crippen LogP contribution in [0.25, 0.3) is 0 Å². The molecule has 20 heavy (non-hydrogen) atoms. The number of halogens is 3. The Labute approximate surface area is 117 Å². The zero-order chi connectivity index (χ0) is 14.9. The maximum absolute atomic E-state index is 12.4. The Hall–Kier alpha value is -0.265. The molecule has 1 heterocycles. The standard InChI is InChI=1S/C13H21BF3NO2/c1-11(2)7-4-8(11)12(3)9(5-7)19-14(20-12)10(18)6-13(15,16)17/h7-10H,4-6,18H2,1-3H3/t7-,8-,9?,10?,12-/m0/s1. The van der Waals surface area contributed by atoms with Crippen LogP contribution in [0.15, 0.2) is 0 Å². The fraction of sp³-hybridized carbons (Fsp3) is 1.00. The minimum atomic E-state index is -4.29. The summed E-state index contributed by atoms with van der Waals surface area (Å²) in [7, 11) is -0.943. The highest BCUT2D eigenvalue weighted by Gasteiger charge is 2.68. The van der Waals surface area contributed by atoms with Gasteiger partial charge in [0, 0.05) is 5.94 Å². The maximum Gasteiger partial charge on any atom is 0.475 e. The fourth-order valence-electron chi connectivity index (χ4n) is 4.45. The van der Waals surface area contributed by atoms with Crippen LogP contribution in [0.4, 0.5) is 13.2 Å². The van der Waals surface area contributed by atoms with E-state index in [1.54, 1.807) is 0 Å². The molecule has 5 atom stereocenters. The molecular formula is C13H21BF3NO2. The second kappa shape index (κ2) is 4.14.